The van der Waals surface area contributed by atoms with Crippen LogP contribution in [0.5, 0.6) is 5.75 Å². The Morgan fingerprint density at radius 1 is 1.31 bits per heavy atom. The third kappa shape index (κ3) is 3.24. The minimum Gasteiger partial charge on any atom is -0.507 e. The molecule has 0 spiro atoms. The normalized spacial score (nSPS) is 24.3. The number of hydrogen-bond donors (Lipinski definition) is 4. The van der Waals surface area contributed by atoms with E-state index < -0.39 is 17.5 Å². The van der Waals surface area contributed by atoms with E-state index in [2.05, 4.69) is 15.5 Å². The van der Waals surface area contributed by atoms with Crippen LogP contribution in [0.2, 0.25) is 0 Å². The smallest absolute Gasteiger partial charge is 0.339 e. The van der Waals surface area contributed by atoms with Gasteiger partial charge in [-0.25, -0.2) is 9.59 Å². The molecule has 26 heavy (non-hydrogen) atoms. The largest absolute Gasteiger partial charge is 0.507 e. The SMILES string of the molecule is CC[C@]1(C2CCN(Cc3ccc(O)c(C(=O)O)c3)CC2)NC(=O)NC1=O. The van der Waals surface area contributed by atoms with Gasteiger partial charge in [0, 0.05) is 6.54 Å². The molecule has 2 saturated heterocycles. The fraction of sp³-hybridized carbons (Fsp3) is 0.500. The van der Waals surface area contributed by atoms with Crippen molar-refractivity contribution in [3.05, 3.63) is 29.3 Å². The number of phenols is 1. The number of nitrogens with one attached hydrogen (secondary N) is 2. The summed E-state index contributed by atoms with van der Waals surface area (Å²) in [5, 5.41) is 23.9. The number of carbonyl (C=O) groups excluding carboxylic acids is 2. The third-order valence-electron chi connectivity index (χ3n) is 5.51. The highest BCUT2D eigenvalue weighted by Crippen LogP contribution is 2.34. The van der Waals surface area contributed by atoms with E-state index in [1.165, 1.54) is 12.1 Å². The van der Waals surface area contributed by atoms with Crippen LogP contribution in [0.1, 0.15) is 42.1 Å². The molecule has 0 aliphatic carbocycles. The fourth-order valence-electron chi connectivity index (χ4n) is 4.03. The number of piperidine rings is 1. The van der Waals surface area contributed by atoms with Crippen molar-refractivity contribution in [2.24, 2.45) is 5.92 Å². The highest BCUT2D eigenvalue weighted by molar-refractivity contribution is 6.07. The molecule has 4 N–H and O–H groups in total. The van der Waals surface area contributed by atoms with Crippen molar-refractivity contribution < 1.29 is 24.6 Å². The van der Waals surface area contributed by atoms with Crippen LogP contribution in [0.4, 0.5) is 4.79 Å². The van der Waals surface area contributed by atoms with Crippen molar-refractivity contribution in [1.82, 2.24) is 15.5 Å². The first-order valence-electron chi connectivity index (χ1n) is 8.77. The second-order valence-corrected chi connectivity index (χ2v) is 6.94. The molecule has 8 nitrogen and oxygen atoms in total. The number of likely N-dealkylation sites (tertiary alicyclic amines) is 1. The van der Waals surface area contributed by atoms with Crippen LogP contribution in [0.3, 0.4) is 0 Å². The molecule has 0 bridgehead atoms. The molecule has 2 fully saturated rings. The van der Waals surface area contributed by atoms with Gasteiger partial charge in [-0.2, -0.15) is 0 Å². The molecule has 3 amide bonds. The van der Waals surface area contributed by atoms with Crippen molar-refractivity contribution in [2.75, 3.05) is 13.1 Å². The van der Waals surface area contributed by atoms with E-state index in [-0.39, 0.29) is 23.1 Å². The Balaban J connectivity index is 1.64. The number of carboxylic acid groups (broad SMARTS) is 1. The van der Waals surface area contributed by atoms with Crippen LogP contribution >= 0.6 is 0 Å². The lowest BCUT2D eigenvalue weighted by Crippen LogP contribution is -2.55. The van der Waals surface area contributed by atoms with Crippen LogP contribution in [0.15, 0.2) is 18.2 Å². The average Bonchev–Trinajstić information content (AvgIpc) is 2.91. The molecule has 0 saturated carbocycles. The average molecular weight is 361 g/mol. The van der Waals surface area contributed by atoms with Crippen molar-refractivity contribution in [3.63, 3.8) is 0 Å². The molecule has 1 aromatic rings. The van der Waals surface area contributed by atoms with Gasteiger partial charge in [0.1, 0.15) is 16.9 Å². The maximum absolute atomic E-state index is 12.3. The molecular formula is C18H23N3O5. The van der Waals surface area contributed by atoms with Crippen molar-refractivity contribution in [1.29, 1.82) is 0 Å². The van der Waals surface area contributed by atoms with Crippen molar-refractivity contribution in [3.8, 4) is 5.75 Å². The summed E-state index contributed by atoms with van der Waals surface area (Å²) in [6.45, 7) is 3.98. The highest BCUT2D eigenvalue weighted by Gasteiger charge is 2.50. The molecule has 2 aliphatic heterocycles. The van der Waals surface area contributed by atoms with E-state index in [0.29, 0.717) is 13.0 Å². The zero-order valence-electron chi connectivity index (χ0n) is 14.6. The lowest BCUT2D eigenvalue weighted by molar-refractivity contribution is -0.126. The minimum atomic E-state index is -1.16. The topological polar surface area (TPSA) is 119 Å². The number of amides is 3. The number of nitrogens with zero attached hydrogens (tertiary/aromatic N) is 1. The summed E-state index contributed by atoms with van der Waals surface area (Å²) in [6, 6.07) is 4.17. The molecule has 1 atom stereocenters. The maximum Gasteiger partial charge on any atom is 0.339 e. The summed E-state index contributed by atoms with van der Waals surface area (Å²) >= 11 is 0. The summed E-state index contributed by atoms with van der Waals surface area (Å²) in [6.07, 6.45) is 2.09. The zero-order chi connectivity index (χ0) is 18.9. The first-order chi connectivity index (χ1) is 12.4. The molecule has 140 valence electrons. The molecule has 2 aliphatic rings. The van der Waals surface area contributed by atoms with Gasteiger partial charge in [-0.15, -0.1) is 0 Å². The lowest BCUT2D eigenvalue weighted by Gasteiger charge is -2.40. The van der Waals surface area contributed by atoms with Gasteiger partial charge in [-0.1, -0.05) is 13.0 Å². The first-order valence-corrected chi connectivity index (χ1v) is 8.77. The zero-order valence-corrected chi connectivity index (χ0v) is 14.6. The van der Waals surface area contributed by atoms with Crippen LogP contribution in [0.25, 0.3) is 0 Å². The van der Waals surface area contributed by atoms with Gasteiger partial charge >= 0.3 is 12.0 Å². The molecular weight excluding hydrogens is 338 g/mol. The minimum absolute atomic E-state index is 0.0737. The number of rotatable bonds is 5. The van der Waals surface area contributed by atoms with Crippen LogP contribution in [-0.2, 0) is 11.3 Å². The van der Waals surface area contributed by atoms with Crippen LogP contribution in [0, 0.1) is 5.92 Å². The molecule has 8 heteroatoms. The predicted octanol–water partition coefficient (Wildman–Crippen LogP) is 1.29. The van der Waals surface area contributed by atoms with E-state index in [1.807, 2.05) is 6.92 Å². The molecule has 1 aromatic carbocycles. The summed E-state index contributed by atoms with van der Waals surface area (Å²) in [4.78, 5) is 37.1. The maximum atomic E-state index is 12.3. The van der Waals surface area contributed by atoms with Gasteiger partial charge in [0.05, 0.1) is 0 Å². The fourth-order valence-corrected chi connectivity index (χ4v) is 4.03. The molecule has 3 rings (SSSR count). The molecule has 0 aromatic heterocycles. The van der Waals surface area contributed by atoms with Crippen molar-refractivity contribution in [2.45, 2.75) is 38.3 Å². The summed E-state index contributed by atoms with van der Waals surface area (Å²) in [5.41, 5.74) is -0.110. The molecule has 0 radical (unpaired) electrons. The number of benzene rings is 1. The van der Waals surface area contributed by atoms with Crippen LogP contribution in [-0.4, -0.2) is 51.6 Å². The Kier molecular flexibility index (Phi) is 4.86. The Bertz CT molecular complexity index is 742. The monoisotopic (exact) mass is 361 g/mol. The predicted molar refractivity (Wildman–Crippen MR) is 92.8 cm³/mol. The Morgan fingerprint density at radius 2 is 2.00 bits per heavy atom. The second-order valence-electron chi connectivity index (χ2n) is 6.94. The Labute approximate surface area is 151 Å². The number of aromatic hydroxyl groups is 1. The van der Waals surface area contributed by atoms with Gasteiger partial charge in [-0.05, 0) is 56.0 Å². The van der Waals surface area contributed by atoms with Gasteiger partial charge in [0.25, 0.3) is 5.91 Å². The standard InChI is InChI=1S/C18H23N3O5/c1-2-18(16(25)19-17(26)20-18)12-5-7-21(8-6-12)10-11-3-4-14(22)13(9-11)15(23)24/h3-4,9,12,22H,2,5-8,10H2,1H3,(H,23,24)(H2,19,20,25,26)/t18-/m1/s1. The number of urea groups is 1. The highest BCUT2D eigenvalue weighted by atomic mass is 16.4. The number of imide groups is 1. The number of carboxylic acids is 1. The first kappa shape index (κ1) is 18.2. The molecule has 2 heterocycles. The van der Waals surface area contributed by atoms with Crippen molar-refractivity contribution >= 4 is 17.9 Å². The van der Waals surface area contributed by atoms with E-state index in [1.54, 1.807) is 6.07 Å². The Morgan fingerprint density at radius 3 is 2.54 bits per heavy atom. The quantitative estimate of drug-likeness (QED) is 0.587. The van der Waals surface area contributed by atoms with Gasteiger partial charge < -0.3 is 15.5 Å². The number of hydrogen-bond acceptors (Lipinski definition) is 5. The Hall–Kier alpha value is -2.61. The van der Waals surface area contributed by atoms with E-state index in [0.717, 1.165) is 31.5 Å². The van der Waals surface area contributed by atoms with E-state index in [4.69, 9.17) is 5.11 Å². The molecule has 0 unspecified atom stereocenters. The van der Waals surface area contributed by atoms with Crippen LogP contribution < -0.4 is 10.6 Å². The van der Waals surface area contributed by atoms with E-state index in [9.17, 15) is 19.5 Å². The number of carbonyl (C=O) groups is 3. The van der Waals surface area contributed by atoms with Gasteiger partial charge in [-0.3, -0.25) is 15.0 Å². The van der Waals surface area contributed by atoms with E-state index >= 15 is 0 Å². The lowest BCUT2D eigenvalue weighted by atomic mass is 9.76. The summed E-state index contributed by atoms with van der Waals surface area (Å²) in [7, 11) is 0. The second kappa shape index (κ2) is 6.95. The number of aromatic carboxylic acids is 1. The van der Waals surface area contributed by atoms with Gasteiger partial charge in [0.15, 0.2) is 0 Å². The summed E-state index contributed by atoms with van der Waals surface area (Å²) < 4.78 is 0. The van der Waals surface area contributed by atoms with Gasteiger partial charge in [0.2, 0.25) is 0 Å². The summed E-state index contributed by atoms with van der Waals surface area (Å²) in [5.74, 6) is -1.57. The third-order valence-corrected chi connectivity index (χ3v) is 5.51.